The van der Waals surface area contributed by atoms with Crippen LogP contribution in [0.1, 0.15) is 11.1 Å². The lowest BCUT2D eigenvalue weighted by molar-refractivity contribution is 0.348. The SMILES string of the molecule is c1ccc2c(c1)c1cc(-c3ccc4c(c3)c3ccccc3n4-c3cncc(C4=NCCO4)c3)ccc1n2-c1cncc(C2=NCCO2)c1. The van der Waals surface area contributed by atoms with Crippen LogP contribution < -0.4 is 0 Å². The largest absolute Gasteiger partial charge is 0.475 e. The van der Waals surface area contributed by atoms with Crippen LogP contribution in [0.25, 0.3) is 66.1 Å². The maximum absolute atomic E-state index is 5.75. The Morgan fingerprint density at radius 2 is 0.896 bits per heavy atom. The second kappa shape index (κ2) is 10.6. The third kappa shape index (κ3) is 4.15. The Bertz CT molecular complexity index is 2460. The van der Waals surface area contributed by atoms with Crippen molar-refractivity contribution < 1.29 is 9.47 Å². The molecule has 48 heavy (non-hydrogen) atoms. The molecule has 4 aromatic carbocycles. The quantitative estimate of drug-likeness (QED) is 0.195. The summed E-state index contributed by atoms with van der Waals surface area (Å²) in [5, 5.41) is 4.75. The number of para-hydroxylation sites is 2. The Hall–Kier alpha value is -6.28. The van der Waals surface area contributed by atoms with E-state index >= 15 is 0 Å². The first-order valence-corrected chi connectivity index (χ1v) is 16.1. The van der Waals surface area contributed by atoms with Crippen LogP contribution in [0, 0.1) is 0 Å². The van der Waals surface area contributed by atoms with Crippen molar-refractivity contribution in [2.45, 2.75) is 0 Å². The zero-order chi connectivity index (χ0) is 31.6. The highest BCUT2D eigenvalue weighted by atomic mass is 16.5. The Labute approximate surface area is 275 Å². The van der Waals surface area contributed by atoms with Crippen molar-refractivity contribution in [2.75, 3.05) is 26.3 Å². The molecular formula is C40H28N6O2. The van der Waals surface area contributed by atoms with Gasteiger partial charge in [-0.05, 0) is 59.7 Å². The molecule has 230 valence electrons. The summed E-state index contributed by atoms with van der Waals surface area (Å²) in [6.45, 7) is 2.58. The first-order valence-electron chi connectivity index (χ1n) is 16.1. The van der Waals surface area contributed by atoms with E-state index in [2.05, 4.69) is 126 Å². The van der Waals surface area contributed by atoms with Gasteiger partial charge in [-0.15, -0.1) is 0 Å². The number of nitrogens with zero attached hydrogens (tertiary/aromatic N) is 6. The number of benzene rings is 4. The van der Waals surface area contributed by atoms with Gasteiger partial charge in [0.2, 0.25) is 11.8 Å². The van der Waals surface area contributed by atoms with Gasteiger partial charge in [-0.25, -0.2) is 9.98 Å². The van der Waals surface area contributed by atoms with Crippen LogP contribution in [-0.4, -0.2) is 57.2 Å². The first kappa shape index (κ1) is 26.9. The molecule has 2 aliphatic rings. The van der Waals surface area contributed by atoms with Crippen molar-refractivity contribution in [3.63, 3.8) is 0 Å². The van der Waals surface area contributed by atoms with Crippen molar-refractivity contribution in [1.82, 2.24) is 19.1 Å². The third-order valence-corrected chi connectivity index (χ3v) is 9.31. The van der Waals surface area contributed by atoms with Gasteiger partial charge in [0.25, 0.3) is 0 Å². The van der Waals surface area contributed by atoms with Crippen molar-refractivity contribution in [3.05, 3.63) is 133 Å². The Kier molecular flexibility index (Phi) is 5.96. The van der Waals surface area contributed by atoms with E-state index in [0.29, 0.717) is 38.1 Å². The van der Waals surface area contributed by atoms with E-state index in [0.717, 1.165) is 55.7 Å². The number of hydrogen-bond acceptors (Lipinski definition) is 6. The molecule has 0 aliphatic carbocycles. The monoisotopic (exact) mass is 624 g/mol. The second-order valence-electron chi connectivity index (χ2n) is 12.1. The van der Waals surface area contributed by atoms with Crippen molar-refractivity contribution in [2.24, 2.45) is 9.98 Å². The highest BCUT2D eigenvalue weighted by molar-refractivity contribution is 6.13. The average Bonchev–Trinajstić information content (AvgIpc) is 3.97. The zero-order valence-corrected chi connectivity index (χ0v) is 25.9. The molecule has 0 atom stereocenters. The predicted octanol–water partition coefficient (Wildman–Crippen LogP) is 7.89. The molecule has 8 nitrogen and oxygen atoms in total. The van der Waals surface area contributed by atoms with E-state index in [9.17, 15) is 0 Å². The van der Waals surface area contributed by atoms with Gasteiger partial charge < -0.3 is 18.6 Å². The first-order chi connectivity index (χ1) is 23.8. The summed E-state index contributed by atoms with van der Waals surface area (Å²) >= 11 is 0. The molecule has 8 aromatic rings. The van der Waals surface area contributed by atoms with Crippen molar-refractivity contribution >= 4 is 55.4 Å². The van der Waals surface area contributed by atoms with Gasteiger partial charge in [0, 0.05) is 33.9 Å². The minimum atomic E-state index is 0.611. The van der Waals surface area contributed by atoms with Gasteiger partial charge in [0.05, 0.1) is 70.1 Å². The fraction of sp³-hybridized carbons (Fsp3) is 0.100. The van der Waals surface area contributed by atoms with Gasteiger partial charge in [-0.2, -0.15) is 0 Å². The summed E-state index contributed by atoms with van der Waals surface area (Å²) in [6.07, 6.45) is 7.45. The summed E-state index contributed by atoms with van der Waals surface area (Å²) < 4.78 is 16.1. The molecule has 6 heterocycles. The molecule has 0 spiro atoms. The highest BCUT2D eigenvalue weighted by Crippen LogP contribution is 2.38. The summed E-state index contributed by atoms with van der Waals surface area (Å²) in [7, 11) is 0. The molecule has 2 aliphatic heterocycles. The maximum Gasteiger partial charge on any atom is 0.217 e. The molecule has 0 radical (unpaired) electrons. The Balaban J connectivity index is 1.12. The van der Waals surface area contributed by atoms with Crippen LogP contribution in [-0.2, 0) is 9.47 Å². The summed E-state index contributed by atoms with van der Waals surface area (Å²) in [5.74, 6) is 1.32. The minimum absolute atomic E-state index is 0.611. The van der Waals surface area contributed by atoms with Gasteiger partial charge in [-0.3, -0.25) is 9.97 Å². The van der Waals surface area contributed by atoms with E-state index < -0.39 is 0 Å². The number of hydrogen-bond donors (Lipinski definition) is 0. The molecule has 0 N–H and O–H groups in total. The smallest absolute Gasteiger partial charge is 0.217 e. The Morgan fingerprint density at radius 1 is 0.438 bits per heavy atom. The lowest BCUT2D eigenvalue weighted by atomic mass is 10.0. The van der Waals surface area contributed by atoms with Crippen molar-refractivity contribution in [1.29, 1.82) is 0 Å². The molecule has 0 unspecified atom stereocenters. The van der Waals surface area contributed by atoms with Crippen LogP contribution >= 0.6 is 0 Å². The summed E-state index contributed by atoms with van der Waals surface area (Å²) in [5.41, 5.74) is 10.5. The third-order valence-electron chi connectivity index (χ3n) is 9.31. The highest BCUT2D eigenvalue weighted by Gasteiger charge is 2.19. The number of aromatic nitrogens is 4. The second-order valence-corrected chi connectivity index (χ2v) is 12.1. The molecule has 0 amide bonds. The zero-order valence-electron chi connectivity index (χ0n) is 25.9. The van der Waals surface area contributed by atoms with Crippen LogP contribution in [0.3, 0.4) is 0 Å². The van der Waals surface area contributed by atoms with Gasteiger partial charge in [0.15, 0.2) is 0 Å². The number of fused-ring (bicyclic) bond motifs is 6. The minimum Gasteiger partial charge on any atom is -0.475 e. The number of rotatable bonds is 5. The lowest BCUT2D eigenvalue weighted by Gasteiger charge is -2.10. The average molecular weight is 625 g/mol. The van der Waals surface area contributed by atoms with Gasteiger partial charge >= 0.3 is 0 Å². The van der Waals surface area contributed by atoms with Gasteiger partial charge in [-0.1, -0.05) is 48.5 Å². The molecule has 4 aromatic heterocycles. The summed E-state index contributed by atoms with van der Waals surface area (Å²) in [4.78, 5) is 18.1. The van der Waals surface area contributed by atoms with Crippen LogP contribution in [0.2, 0.25) is 0 Å². The molecule has 0 bridgehead atoms. The predicted molar refractivity (Wildman–Crippen MR) is 191 cm³/mol. The van der Waals surface area contributed by atoms with Crippen LogP contribution in [0.15, 0.2) is 132 Å². The standard InChI is InChI=1S/C40H28N6O2/c1-3-7-35-31(5-1)33-19-25(9-11-37(33)45(35)29-17-27(21-41-23-29)39-43-13-15-47-39)26-10-12-38-34(20-26)32-6-2-4-8-36(32)46(38)30-18-28(22-42-24-30)40-44-14-16-48-40/h1-12,17-24H,13-16H2. The maximum atomic E-state index is 5.75. The molecular weight excluding hydrogens is 596 g/mol. The fourth-order valence-corrected chi connectivity index (χ4v) is 7.21. The topological polar surface area (TPSA) is 78.8 Å². The molecule has 0 saturated heterocycles. The van der Waals surface area contributed by atoms with E-state index in [1.165, 1.54) is 21.5 Å². The number of ether oxygens (including phenoxy) is 2. The van der Waals surface area contributed by atoms with Crippen molar-refractivity contribution in [3.8, 4) is 22.5 Å². The van der Waals surface area contributed by atoms with E-state index in [1.807, 2.05) is 24.8 Å². The van der Waals surface area contributed by atoms with Gasteiger partial charge in [0.1, 0.15) is 13.2 Å². The Morgan fingerprint density at radius 3 is 1.35 bits per heavy atom. The molecule has 10 rings (SSSR count). The number of aliphatic imine (C=N–C) groups is 2. The fourth-order valence-electron chi connectivity index (χ4n) is 7.21. The molecule has 0 saturated carbocycles. The molecule has 8 heteroatoms. The van der Waals surface area contributed by atoms with E-state index in [4.69, 9.17) is 9.47 Å². The summed E-state index contributed by atoms with van der Waals surface area (Å²) in [6, 6.07) is 34.8. The number of pyridine rings is 2. The van der Waals surface area contributed by atoms with Crippen LogP contribution in [0.4, 0.5) is 0 Å². The normalized spacial score (nSPS) is 14.5. The van der Waals surface area contributed by atoms with E-state index in [1.54, 1.807) is 0 Å². The van der Waals surface area contributed by atoms with Crippen LogP contribution in [0.5, 0.6) is 0 Å². The molecule has 0 fully saturated rings. The van der Waals surface area contributed by atoms with E-state index in [-0.39, 0.29) is 0 Å². The lowest BCUT2D eigenvalue weighted by Crippen LogP contribution is -2.04.